The first-order valence-electron chi connectivity index (χ1n) is 6.81. The van der Waals surface area contributed by atoms with Gasteiger partial charge in [-0.25, -0.2) is 0 Å². The summed E-state index contributed by atoms with van der Waals surface area (Å²) >= 11 is 0. The Kier molecular flexibility index (Phi) is 3.55. The molecule has 0 aliphatic rings. The zero-order valence-electron chi connectivity index (χ0n) is 12.7. The summed E-state index contributed by atoms with van der Waals surface area (Å²) in [5.41, 5.74) is 1.78. The summed E-state index contributed by atoms with van der Waals surface area (Å²) in [4.78, 5) is 16.3. The van der Waals surface area contributed by atoms with Crippen LogP contribution in [-0.4, -0.2) is 23.8 Å². The number of aromatic nitrogens is 2. The Bertz CT molecular complexity index is 878. The molecule has 5 heteroatoms. The molecule has 0 radical (unpaired) electrons. The van der Waals surface area contributed by atoms with Crippen molar-refractivity contribution in [1.82, 2.24) is 9.55 Å². The number of benzene rings is 1. The van der Waals surface area contributed by atoms with E-state index in [4.69, 9.17) is 9.47 Å². The summed E-state index contributed by atoms with van der Waals surface area (Å²) in [6, 6.07) is 7.50. The van der Waals surface area contributed by atoms with Gasteiger partial charge in [-0.15, -0.1) is 0 Å². The summed E-state index contributed by atoms with van der Waals surface area (Å²) in [5, 5.41) is 1.44. The molecule has 0 N–H and O–H groups in total. The quantitative estimate of drug-likeness (QED) is 0.745. The third-order valence-electron chi connectivity index (χ3n) is 3.65. The Labute approximate surface area is 127 Å². The Morgan fingerprint density at radius 3 is 2.36 bits per heavy atom. The standard InChI is InChI=1S/C17H16N2O3/c1-19-10-16(14-4-5-18-9-15(14)17(19)20)11-6-12(21-2)8-13(7-11)22-3/h4-10H,1-3H3. The maximum absolute atomic E-state index is 12.2. The molecule has 0 aliphatic carbocycles. The highest BCUT2D eigenvalue weighted by Gasteiger charge is 2.11. The molecule has 2 aromatic heterocycles. The number of hydrogen-bond donors (Lipinski definition) is 0. The van der Waals surface area contributed by atoms with Gasteiger partial charge in [0.1, 0.15) is 11.5 Å². The van der Waals surface area contributed by atoms with Crippen LogP contribution in [0.1, 0.15) is 0 Å². The molecule has 22 heavy (non-hydrogen) atoms. The third kappa shape index (κ3) is 2.30. The van der Waals surface area contributed by atoms with Crippen LogP contribution in [0.2, 0.25) is 0 Å². The van der Waals surface area contributed by atoms with E-state index in [0.717, 1.165) is 16.5 Å². The SMILES string of the molecule is COc1cc(OC)cc(-c2cn(C)c(=O)c3cnccc23)c1. The fraction of sp³-hybridized carbons (Fsp3) is 0.176. The average Bonchev–Trinajstić information content (AvgIpc) is 2.57. The van der Waals surface area contributed by atoms with Crippen LogP contribution in [0.5, 0.6) is 11.5 Å². The van der Waals surface area contributed by atoms with Gasteiger partial charge in [-0.2, -0.15) is 0 Å². The number of aryl methyl sites for hydroxylation is 1. The lowest BCUT2D eigenvalue weighted by Gasteiger charge is -2.12. The van der Waals surface area contributed by atoms with E-state index in [-0.39, 0.29) is 5.56 Å². The predicted molar refractivity (Wildman–Crippen MR) is 85.5 cm³/mol. The van der Waals surface area contributed by atoms with Crippen molar-refractivity contribution < 1.29 is 9.47 Å². The van der Waals surface area contributed by atoms with Crippen LogP contribution in [0, 0.1) is 0 Å². The minimum absolute atomic E-state index is 0.0679. The first kappa shape index (κ1) is 14.1. The lowest BCUT2D eigenvalue weighted by Crippen LogP contribution is -2.16. The molecule has 0 fully saturated rings. The van der Waals surface area contributed by atoms with Gasteiger partial charge in [0.15, 0.2) is 0 Å². The van der Waals surface area contributed by atoms with Crippen LogP contribution in [0.15, 0.2) is 47.7 Å². The van der Waals surface area contributed by atoms with Crippen LogP contribution in [0.3, 0.4) is 0 Å². The number of ether oxygens (including phenoxy) is 2. The van der Waals surface area contributed by atoms with Gasteiger partial charge in [-0.1, -0.05) is 0 Å². The molecule has 5 nitrogen and oxygen atoms in total. The van der Waals surface area contributed by atoms with Crippen LogP contribution < -0.4 is 15.0 Å². The average molecular weight is 296 g/mol. The number of rotatable bonds is 3. The van der Waals surface area contributed by atoms with Crippen LogP contribution in [0.4, 0.5) is 0 Å². The predicted octanol–water partition coefficient (Wildman–Crippen LogP) is 2.62. The molecule has 0 amide bonds. The Morgan fingerprint density at radius 2 is 1.73 bits per heavy atom. The Balaban J connectivity index is 2.35. The van der Waals surface area contributed by atoms with Crippen molar-refractivity contribution in [2.75, 3.05) is 14.2 Å². The highest BCUT2D eigenvalue weighted by Crippen LogP contribution is 2.32. The van der Waals surface area contributed by atoms with E-state index in [2.05, 4.69) is 4.98 Å². The highest BCUT2D eigenvalue weighted by atomic mass is 16.5. The van der Waals surface area contributed by atoms with Crippen molar-refractivity contribution in [3.8, 4) is 22.6 Å². The van der Waals surface area contributed by atoms with E-state index in [1.54, 1.807) is 38.2 Å². The molecule has 0 saturated carbocycles. The monoisotopic (exact) mass is 296 g/mol. The van der Waals surface area contributed by atoms with Gasteiger partial charge in [0.2, 0.25) is 0 Å². The summed E-state index contributed by atoms with van der Waals surface area (Å²) < 4.78 is 12.2. The van der Waals surface area contributed by atoms with Gasteiger partial charge in [-0.3, -0.25) is 9.78 Å². The number of pyridine rings is 2. The second-order valence-electron chi connectivity index (χ2n) is 4.98. The fourth-order valence-corrected chi connectivity index (χ4v) is 2.50. The van der Waals surface area contributed by atoms with Gasteiger partial charge >= 0.3 is 0 Å². The minimum Gasteiger partial charge on any atom is -0.497 e. The Morgan fingerprint density at radius 1 is 1.05 bits per heavy atom. The number of methoxy groups -OCH3 is 2. The van der Waals surface area contributed by atoms with Crippen LogP contribution >= 0.6 is 0 Å². The highest BCUT2D eigenvalue weighted by molar-refractivity contribution is 5.95. The van der Waals surface area contributed by atoms with E-state index >= 15 is 0 Å². The lowest BCUT2D eigenvalue weighted by molar-refractivity contribution is 0.394. The van der Waals surface area contributed by atoms with Crippen molar-refractivity contribution >= 4 is 10.8 Å². The lowest BCUT2D eigenvalue weighted by atomic mass is 10.0. The minimum atomic E-state index is -0.0679. The van der Waals surface area contributed by atoms with E-state index in [0.29, 0.717) is 16.9 Å². The topological polar surface area (TPSA) is 53.4 Å². The number of nitrogens with zero attached hydrogens (tertiary/aromatic N) is 2. The molecule has 2 heterocycles. The molecule has 0 unspecified atom stereocenters. The van der Waals surface area contributed by atoms with Gasteiger partial charge < -0.3 is 14.0 Å². The van der Waals surface area contributed by atoms with Gasteiger partial charge in [-0.05, 0) is 29.1 Å². The molecule has 112 valence electrons. The zero-order valence-corrected chi connectivity index (χ0v) is 12.7. The summed E-state index contributed by atoms with van der Waals surface area (Å²) in [6.45, 7) is 0. The zero-order chi connectivity index (χ0) is 15.7. The van der Waals surface area contributed by atoms with Crippen molar-refractivity contribution in [3.63, 3.8) is 0 Å². The summed E-state index contributed by atoms with van der Waals surface area (Å²) in [6.07, 6.45) is 5.10. The molecular weight excluding hydrogens is 280 g/mol. The van der Waals surface area contributed by atoms with E-state index in [1.165, 1.54) is 0 Å². The second kappa shape index (κ2) is 5.52. The number of hydrogen-bond acceptors (Lipinski definition) is 4. The van der Waals surface area contributed by atoms with Gasteiger partial charge in [0.05, 0.1) is 19.6 Å². The number of fused-ring (bicyclic) bond motifs is 1. The first-order valence-corrected chi connectivity index (χ1v) is 6.81. The normalized spacial score (nSPS) is 10.7. The van der Waals surface area contributed by atoms with Crippen molar-refractivity contribution in [1.29, 1.82) is 0 Å². The van der Waals surface area contributed by atoms with Crippen LogP contribution in [-0.2, 0) is 7.05 Å². The summed E-state index contributed by atoms with van der Waals surface area (Å²) in [5.74, 6) is 1.40. The van der Waals surface area contributed by atoms with Crippen molar-refractivity contribution in [3.05, 3.63) is 53.2 Å². The molecule has 0 spiro atoms. The molecule has 3 rings (SSSR count). The maximum Gasteiger partial charge on any atom is 0.259 e. The third-order valence-corrected chi connectivity index (χ3v) is 3.65. The van der Waals surface area contributed by atoms with Crippen LogP contribution in [0.25, 0.3) is 21.9 Å². The van der Waals surface area contributed by atoms with Gasteiger partial charge in [0, 0.05) is 37.3 Å². The smallest absolute Gasteiger partial charge is 0.259 e. The molecule has 0 bridgehead atoms. The molecule has 3 aromatic rings. The van der Waals surface area contributed by atoms with E-state index in [1.807, 2.05) is 30.5 Å². The van der Waals surface area contributed by atoms with Crippen molar-refractivity contribution in [2.24, 2.45) is 7.05 Å². The second-order valence-corrected chi connectivity index (χ2v) is 4.98. The first-order chi connectivity index (χ1) is 10.6. The van der Waals surface area contributed by atoms with Gasteiger partial charge in [0.25, 0.3) is 5.56 Å². The maximum atomic E-state index is 12.2. The fourth-order valence-electron chi connectivity index (χ4n) is 2.50. The largest absolute Gasteiger partial charge is 0.497 e. The molecular formula is C17H16N2O3. The summed E-state index contributed by atoms with van der Waals surface area (Å²) in [7, 11) is 4.96. The van der Waals surface area contributed by atoms with E-state index in [9.17, 15) is 4.79 Å². The molecule has 0 aliphatic heterocycles. The van der Waals surface area contributed by atoms with Crippen molar-refractivity contribution in [2.45, 2.75) is 0 Å². The Hall–Kier alpha value is -2.82. The molecule has 1 aromatic carbocycles. The molecule has 0 saturated heterocycles. The van der Waals surface area contributed by atoms with E-state index < -0.39 is 0 Å². The molecule has 0 atom stereocenters.